The number of fused-ring (bicyclic) bond motifs is 1. The first-order valence-electron chi connectivity index (χ1n) is 9.33. The maximum Gasteiger partial charge on any atom is 0.272 e. The summed E-state index contributed by atoms with van der Waals surface area (Å²) in [6.07, 6.45) is 5.03. The van der Waals surface area contributed by atoms with Gasteiger partial charge in [0.05, 0.1) is 23.3 Å². The number of aryl methyl sites for hydroxylation is 1. The average Bonchev–Trinajstić information content (AvgIpc) is 2.62. The third-order valence-corrected chi connectivity index (χ3v) is 6.02. The summed E-state index contributed by atoms with van der Waals surface area (Å²) >= 11 is 6.39. The summed E-state index contributed by atoms with van der Waals surface area (Å²) in [4.78, 5) is 21.8. The number of methoxy groups -OCH3 is 1. The van der Waals surface area contributed by atoms with Crippen molar-refractivity contribution in [1.82, 2.24) is 14.5 Å². The van der Waals surface area contributed by atoms with Gasteiger partial charge in [0.1, 0.15) is 11.2 Å². The van der Waals surface area contributed by atoms with E-state index < -0.39 is 5.82 Å². The van der Waals surface area contributed by atoms with Gasteiger partial charge in [0.25, 0.3) is 5.56 Å². The van der Waals surface area contributed by atoms with Crippen LogP contribution in [0.1, 0.15) is 37.9 Å². The molecule has 1 aliphatic rings. The van der Waals surface area contributed by atoms with Gasteiger partial charge in [0.2, 0.25) is 0 Å². The third-order valence-electron chi connectivity index (χ3n) is 5.71. The van der Waals surface area contributed by atoms with Gasteiger partial charge in [-0.25, -0.2) is 9.37 Å². The minimum absolute atomic E-state index is 0.0591. The van der Waals surface area contributed by atoms with Crippen molar-refractivity contribution in [2.75, 3.05) is 7.11 Å². The predicted octanol–water partition coefficient (Wildman–Crippen LogP) is 4.93. The Morgan fingerprint density at radius 3 is 2.75 bits per heavy atom. The lowest BCUT2D eigenvalue weighted by atomic mass is 9.80. The largest absolute Gasteiger partial charge is 0.494 e. The van der Waals surface area contributed by atoms with Crippen LogP contribution in [-0.4, -0.2) is 21.6 Å². The van der Waals surface area contributed by atoms with Crippen molar-refractivity contribution in [3.05, 3.63) is 51.3 Å². The highest BCUT2D eigenvalue weighted by atomic mass is 35.5. The SMILES string of the molecule is COc1cc(Cl)c(-c2nccc3c2nc(C)c(=O)n3C(C)C2CCC2)cc1F. The molecule has 2 heterocycles. The second-order valence-corrected chi connectivity index (χ2v) is 7.71. The Hall–Kier alpha value is -2.47. The second kappa shape index (κ2) is 7.17. The molecule has 28 heavy (non-hydrogen) atoms. The molecule has 3 aromatic rings. The molecule has 5 nitrogen and oxygen atoms in total. The van der Waals surface area contributed by atoms with E-state index in [1.807, 2.05) is 0 Å². The maximum atomic E-state index is 14.3. The van der Waals surface area contributed by atoms with E-state index >= 15 is 0 Å². The van der Waals surface area contributed by atoms with Gasteiger partial charge >= 0.3 is 0 Å². The van der Waals surface area contributed by atoms with Gasteiger partial charge in [-0.15, -0.1) is 0 Å². The summed E-state index contributed by atoms with van der Waals surface area (Å²) < 4.78 is 21.1. The number of rotatable bonds is 4. The van der Waals surface area contributed by atoms with Crippen molar-refractivity contribution in [2.24, 2.45) is 5.92 Å². The zero-order chi connectivity index (χ0) is 20.0. The number of aromatic nitrogens is 3. The lowest BCUT2D eigenvalue weighted by Crippen LogP contribution is -2.33. The van der Waals surface area contributed by atoms with E-state index in [1.165, 1.54) is 25.7 Å². The van der Waals surface area contributed by atoms with Crippen LogP contribution in [0.15, 0.2) is 29.2 Å². The fourth-order valence-corrected chi connectivity index (χ4v) is 4.09. The summed E-state index contributed by atoms with van der Waals surface area (Å²) in [5.41, 5.74) is 2.37. The van der Waals surface area contributed by atoms with E-state index in [2.05, 4.69) is 16.9 Å². The van der Waals surface area contributed by atoms with E-state index in [0.29, 0.717) is 38.9 Å². The van der Waals surface area contributed by atoms with E-state index in [9.17, 15) is 9.18 Å². The molecule has 1 atom stereocenters. The average molecular weight is 402 g/mol. The van der Waals surface area contributed by atoms with Crippen molar-refractivity contribution < 1.29 is 9.13 Å². The summed E-state index contributed by atoms with van der Waals surface area (Å²) in [6, 6.07) is 4.57. The molecule has 146 valence electrons. The Bertz CT molecular complexity index is 1120. The van der Waals surface area contributed by atoms with Crippen LogP contribution in [-0.2, 0) is 0 Å². The smallest absolute Gasteiger partial charge is 0.272 e. The molecule has 0 N–H and O–H groups in total. The number of ether oxygens (including phenoxy) is 1. The van der Waals surface area contributed by atoms with Crippen LogP contribution in [0, 0.1) is 18.7 Å². The monoisotopic (exact) mass is 401 g/mol. The Balaban J connectivity index is 1.99. The van der Waals surface area contributed by atoms with Crippen molar-refractivity contribution in [3.63, 3.8) is 0 Å². The van der Waals surface area contributed by atoms with Crippen LogP contribution in [0.5, 0.6) is 5.75 Å². The summed E-state index contributed by atoms with van der Waals surface area (Å²) in [6.45, 7) is 3.77. The number of hydrogen-bond donors (Lipinski definition) is 0. The van der Waals surface area contributed by atoms with E-state index in [1.54, 1.807) is 23.8 Å². The highest BCUT2D eigenvalue weighted by Gasteiger charge is 2.28. The maximum absolute atomic E-state index is 14.3. The second-order valence-electron chi connectivity index (χ2n) is 7.30. The molecule has 1 saturated carbocycles. The first-order chi connectivity index (χ1) is 13.4. The van der Waals surface area contributed by atoms with Gasteiger partial charge in [-0.3, -0.25) is 9.78 Å². The molecule has 7 heteroatoms. The molecule has 0 aliphatic heterocycles. The first-order valence-corrected chi connectivity index (χ1v) is 9.71. The fourth-order valence-electron chi connectivity index (χ4n) is 3.85. The standard InChI is InChI=1S/C21H21ClFN3O2/c1-11-21(27)26(12(2)13-5-4-6-13)17-7-8-24-19(20(17)25-11)14-9-16(23)18(28-3)10-15(14)22/h7-10,12-13H,4-6H2,1-3H3. The van der Waals surface area contributed by atoms with Crippen LogP contribution in [0.3, 0.4) is 0 Å². The van der Waals surface area contributed by atoms with Gasteiger partial charge in [0.15, 0.2) is 11.6 Å². The van der Waals surface area contributed by atoms with Crippen molar-refractivity contribution in [2.45, 2.75) is 39.2 Å². The predicted molar refractivity (Wildman–Crippen MR) is 108 cm³/mol. The van der Waals surface area contributed by atoms with Crippen LogP contribution < -0.4 is 10.3 Å². The number of benzene rings is 1. The molecule has 0 bridgehead atoms. The molecule has 0 amide bonds. The number of nitrogens with zero attached hydrogens (tertiary/aromatic N) is 3. The van der Waals surface area contributed by atoms with Gasteiger partial charge < -0.3 is 9.30 Å². The highest BCUT2D eigenvalue weighted by Crippen LogP contribution is 2.38. The summed E-state index contributed by atoms with van der Waals surface area (Å²) in [5, 5.41) is 0.308. The topological polar surface area (TPSA) is 57.0 Å². The fraction of sp³-hybridized carbons (Fsp3) is 0.381. The molecule has 1 fully saturated rings. The van der Waals surface area contributed by atoms with E-state index in [-0.39, 0.29) is 17.4 Å². The summed E-state index contributed by atoms with van der Waals surface area (Å²) in [7, 11) is 1.38. The Morgan fingerprint density at radius 1 is 1.36 bits per heavy atom. The van der Waals surface area contributed by atoms with Gasteiger partial charge in [-0.05, 0) is 44.7 Å². The normalized spacial score (nSPS) is 15.5. The molecule has 2 aromatic heterocycles. The van der Waals surface area contributed by atoms with Crippen molar-refractivity contribution in [3.8, 4) is 17.0 Å². The quantitative estimate of drug-likeness (QED) is 0.622. The van der Waals surface area contributed by atoms with E-state index in [0.717, 1.165) is 12.8 Å². The first kappa shape index (κ1) is 18.9. The third kappa shape index (κ3) is 2.96. The van der Waals surface area contributed by atoms with Gasteiger partial charge in [-0.1, -0.05) is 18.0 Å². The Morgan fingerprint density at radius 2 is 2.11 bits per heavy atom. The minimum Gasteiger partial charge on any atom is -0.494 e. The Kier molecular flexibility index (Phi) is 4.83. The zero-order valence-electron chi connectivity index (χ0n) is 16.0. The molecule has 1 aliphatic carbocycles. The highest BCUT2D eigenvalue weighted by molar-refractivity contribution is 6.33. The lowest BCUT2D eigenvalue weighted by molar-refractivity contribution is 0.222. The van der Waals surface area contributed by atoms with Crippen LogP contribution >= 0.6 is 11.6 Å². The molecular formula is C21H21ClFN3O2. The van der Waals surface area contributed by atoms with Crippen LogP contribution in [0.4, 0.5) is 4.39 Å². The molecular weight excluding hydrogens is 381 g/mol. The molecule has 0 spiro atoms. The van der Waals surface area contributed by atoms with Crippen LogP contribution in [0.2, 0.25) is 5.02 Å². The summed E-state index contributed by atoms with van der Waals surface area (Å²) in [5.74, 6) is 0.00329. The Labute approximate surface area is 167 Å². The molecule has 0 radical (unpaired) electrons. The number of halogens is 2. The minimum atomic E-state index is -0.534. The van der Waals surface area contributed by atoms with Crippen LogP contribution in [0.25, 0.3) is 22.3 Å². The van der Waals surface area contributed by atoms with Crippen molar-refractivity contribution in [1.29, 1.82) is 0 Å². The zero-order valence-corrected chi connectivity index (χ0v) is 16.8. The lowest BCUT2D eigenvalue weighted by Gasteiger charge is -2.33. The molecule has 4 rings (SSSR count). The van der Waals surface area contributed by atoms with E-state index in [4.69, 9.17) is 16.3 Å². The molecule has 1 unspecified atom stereocenters. The molecule has 1 aromatic carbocycles. The molecule has 0 saturated heterocycles. The van der Waals surface area contributed by atoms with Gasteiger partial charge in [-0.2, -0.15) is 0 Å². The van der Waals surface area contributed by atoms with Gasteiger partial charge in [0, 0.05) is 23.9 Å². The number of hydrogen-bond acceptors (Lipinski definition) is 4. The van der Waals surface area contributed by atoms with Crippen molar-refractivity contribution >= 4 is 22.6 Å². The number of pyridine rings is 1.